The molecule has 1 aliphatic rings. The zero-order valence-electron chi connectivity index (χ0n) is 14.5. The van der Waals surface area contributed by atoms with Gasteiger partial charge < -0.3 is 18.8 Å². The van der Waals surface area contributed by atoms with E-state index < -0.39 is 0 Å². The first-order valence-corrected chi connectivity index (χ1v) is 8.01. The molecule has 0 radical (unpaired) electrons. The van der Waals surface area contributed by atoms with Crippen LogP contribution in [0.4, 0.5) is 0 Å². The molecular weight excluding hydrogens is 308 g/mol. The van der Waals surface area contributed by atoms with Crippen LogP contribution in [0.5, 0.6) is 11.5 Å². The van der Waals surface area contributed by atoms with Gasteiger partial charge in [0.2, 0.25) is 5.76 Å². The van der Waals surface area contributed by atoms with Crippen LogP contribution in [-0.2, 0) is 13.0 Å². The monoisotopic (exact) mass is 330 g/mol. The van der Waals surface area contributed by atoms with E-state index in [9.17, 15) is 4.79 Å². The van der Waals surface area contributed by atoms with Crippen molar-refractivity contribution in [2.24, 2.45) is 0 Å². The number of methoxy groups -OCH3 is 2. The number of benzene rings is 1. The van der Waals surface area contributed by atoms with E-state index in [1.54, 1.807) is 19.1 Å². The second kappa shape index (κ2) is 6.55. The fraction of sp³-hybridized carbons (Fsp3) is 0.444. The highest BCUT2D eigenvalue weighted by atomic mass is 16.5. The Hall–Kier alpha value is -2.50. The number of oxazole rings is 1. The highest BCUT2D eigenvalue weighted by Gasteiger charge is 2.28. The van der Waals surface area contributed by atoms with Crippen LogP contribution in [-0.4, -0.2) is 36.6 Å². The summed E-state index contributed by atoms with van der Waals surface area (Å²) in [5.41, 5.74) is 2.95. The fourth-order valence-corrected chi connectivity index (χ4v) is 3.03. The van der Waals surface area contributed by atoms with E-state index in [2.05, 4.69) is 4.98 Å². The summed E-state index contributed by atoms with van der Waals surface area (Å²) < 4.78 is 16.1. The summed E-state index contributed by atoms with van der Waals surface area (Å²) in [5.74, 6) is 1.76. The lowest BCUT2D eigenvalue weighted by molar-refractivity contribution is 0.0700. The van der Waals surface area contributed by atoms with Gasteiger partial charge in [0.15, 0.2) is 17.9 Å². The number of carbonyl (C=O) groups excluding carboxylic acids is 1. The Balaban J connectivity index is 1.87. The van der Waals surface area contributed by atoms with Gasteiger partial charge in [-0.1, -0.05) is 13.8 Å². The van der Waals surface area contributed by atoms with Crippen LogP contribution in [0.3, 0.4) is 0 Å². The SMILES string of the molecule is COc1cc2c(cc1OC)CN(C(=O)c1ocnc1C(C)C)CC2. The lowest BCUT2D eigenvalue weighted by Gasteiger charge is -2.29. The van der Waals surface area contributed by atoms with Gasteiger partial charge in [-0.25, -0.2) is 4.98 Å². The van der Waals surface area contributed by atoms with Crippen LogP contribution < -0.4 is 9.47 Å². The minimum atomic E-state index is -0.114. The molecule has 1 aromatic carbocycles. The molecule has 1 amide bonds. The van der Waals surface area contributed by atoms with Crippen molar-refractivity contribution in [1.29, 1.82) is 0 Å². The van der Waals surface area contributed by atoms with Crippen molar-refractivity contribution in [3.63, 3.8) is 0 Å². The van der Waals surface area contributed by atoms with Gasteiger partial charge in [-0.15, -0.1) is 0 Å². The smallest absolute Gasteiger partial charge is 0.291 e. The van der Waals surface area contributed by atoms with E-state index in [0.717, 1.165) is 12.0 Å². The highest BCUT2D eigenvalue weighted by Crippen LogP contribution is 2.33. The molecule has 0 unspecified atom stereocenters. The van der Waals surface area contributed by atoms with Crippen molar-refractivity contribution in [1.82, 2.24) is 9.88 Å². The molecule has 24 heavy (non-hydrogen) atoms. The molecule has 0 fully saturated rings. The highest BCUT2D eigenvalue weighted by molar-refractivity contribution is 5.92. The molecule has 0 N–H and O–H groups in total. The van der Waals surface area contributed by atoms with E-state index in [4.69, 9.17) is 13.9 Å². The Bertz CT molecular complexity index is 751. The second-order valence-electron chi connectivity index (χ2n) is 6.17. The van der Waals surface area contributed by atoms with Gasteiger partial charge in [-0.3, -0.25) is 4.79 Å². The molecule has 0 saturated carbocycles. The van der Waals surface area contributed by atoms with Gasteiger partial charge in [-0.2, -0.15) is 0 Å². The zero-order chi connectivity index (χ0) is 17.3. The van der Waals surface area contributed by atoms with E-state index in [0.29, 0.717) is 36.0 Å². The van der Waals surface area contributed by atoms with Crippen molar-refractivity contribution >= 4 is 5.91 Å². The van der Waals surface area contributed by atoms with E-state index in [-0.39, 0.29) is 11.8 Å². The molecule has 2 heterocycles. The normalized spacial score (nSPS) is 13.8. The third-order valence-electron chi connectivity index (χ3n) is 4.34. The predicted octanol–water partition coefficient (Wildman–Crippen LogP) is 3.01. The maximum atomic E-state index is 12.8. The summed E-state index contributed by atoms with van der Waals surface area (Å²) in [6, 6.07) is 3.93. The van der Waals surface area contributed by atoms with Gasteiger partial charge in [0, 0.05) is 13.1 Å². The van der Waals surface area contributed by atoms with E-state index in [1.807, 2.05) is 26.0 Å². The first-order chi connectivity index (χ1) is 11.5. The van der Waals surface area contributed by atoms with Crippen LogP contribution in [0.2, 0.25) is 0 Å². The van der Waals surface area contributed by atoms with Crippen molar-refractivity contribution in [2.45, 2.75) is 32.7 Å². The third kappa shape index (κ3) is 2.84. The molecule has 1 aromatic heterocycles. The molecule has 6 nitrogen and oxygen atoms in total. The molecule has 0 spiro atoms. The third-order valence-corrected chi connectivity index (χ3v) is 4.34. The van der Waals surface area contributed by atoms with Gasteiger partial charge in [0.25, 0.3) is 5.91 Å². The number of rotatable bonds is 4. The molecule has 128 valence electrons. The molecule has 0 saturated heterocycles. The van der Waals surface area contributed by atoms with Crippen molar-refractivity contribution in [3.05, 3.63) is 41.1 Å². The van der Waals surface area contributed by atoms with E-state index in [1.165, 1.54) is 12.0 Å². The Morgan fingerprint density at radius 3 is 2.50 bits per heavy atom. The lowest BCUT2D eigenvalue weighted by Crippen LogP contribution is -2.36. The van der Waals surface area contributed by atoms with Crippen molar-refractivity contribution in [2.75, 3.05) is 20.8 Å². The molecule has 1 aliphatic heterocycles. The first kappa shape index (κ1) is 16.4. The van der Waals surface area contributed by atoms with E-state index >= 15 is 0 Å². The first-order valence-electron chi connectivity index (χ1n) is 8.01. The van der Waals surface area contributed by atoms with Gasteiger partial charge in [0.1, 0.15) is 0 Å². The number of hydrogen-bond acceptors (Lipinski definition) is 5. The number of hydrogen-bond donors (Lipinski definition) is 0. The van der Waals surface area contributed by atoms with Crippen molar-refractivity contribution < 1.29 is 18.7 Å². The summed E-state index contributed by atoms with van der Waals surface area (Å²) in [6.45, 7) is 5.15. The molecular formula is C18H22N2O4. The molecule has 0 bridgehead atoms. The topological polar surface area (TPSA) is 64.8 Å². The summed E-state index contributed by atoms with van der Waals surface area (Å²) in [7, 11) is 3.24. The number of nitrogens with zero attached hydrogens (tertiary/aromatic N) is 2. The lowest BCUT2D eigenvalue weighted by atomic mass is 9.98. The van der Waals surface area contributed by atoms with Crippen LogP contribution in [0, 0.1) is 0 Å². The van der Waals surface area contributed by atoms with Crippen LogP contribution in [0.15, 0.2) is 22.9 Å². The number of carbonyl (C=O) groups is 1. The average Bonchev–Trinajstić information content (AvgIpc) is 3.09. The largest absolute Gasteiger partial charge is 0.493 e. The Morgan fingerprint density at radius 1 is 1.21 bits per heavy atom. The minimum absolute atomic E-state index is 0.114. The van der Waals surface area contributed by atoms with Gasteiger partial charge in [0.05, 0.1) is 19.9 Å². The van der Waals surface area contributed by atoms with Gasteiger partial charge >= 0.3 is 0 Å². The summed E-state index contributed by atoms with van der Waals surface area (Å²) in [4.78, 5) is 18.8. The maximum Gasteiger partial charge on any atom is 0.291 e. The average molecular weight is 330 g/mol. The molecule has 0 atom stereocenters. The standard InChI is InChI=1S/C18H22N2O4/c1-11(2)16-17(24-10-19-16)18(21)20-6-5-12-7-14(22-3)15(23-4)8-13(12)9-20/h7-8,10-11H,5-6,9H2,1-4H3. The Morgan fingerprint density at radius 2 is 1.88 bits per heavy atom. The quantitative estimate of drug-likeness (QED) is 0.862. The van der Waals surface area contributed by atoms with Crippen LogP contribution >= 0.6 is 0 Å². The zero-order valence-corrected chi connectivity index (χ0v) is 14.5. The van der Waals surface area contributed by atoms with Crippen molar-refractivity contribution in [3.8, 4) is 11.5 Å². The Kier molecular flexibility index (Phi) is 4.46. The molecule has 2 aromatic rings. The second-order valence-corrected chi connectivity index (χ2v) is 6.17. The summed E-state index contributed by atoms with van der Waals surface area (Å²) in [6.07, 6.45) is 2.11. The summed E-state index contributed by atoms with van der Waals surface area (Å²) in [5, 5.41) is 0. The molecule has 3 rings (SSSR count). The number of amides is 1. The Labute approximate surface area is 141 Å². The minimum Gasteiger partial charge on any atom is -0.493 e. The van der Waals surface area contributed by atoms with Crippen LogP contribution in [0.1, 0.15) is 47.1 Å². The fourth-order valence-electron chi connectivity index (χ4n) is 3.03. The summed E-state index contributed by atoms with van der Waals surface area (Å²) >= 11 is 0. The molecule has 6 heteroatoms. The molecule has 0 aliphatic carbocycles. The predicted molar refractivity (Wildman–Crippen MR) is 88.6 cm³/mol. The number of aromatic nitrogens is 1. The van der Waals surface area contributed by atoms with Crippen LogP contribution in [0.25, 0.3) is 0 Å². The number of fused-ring (bicyclic) bond motifs is 1. The number of ether oxygens (including phenoxy) is 2. The maximum absolute atomic E-state index is 12.8. The van der Waals surface area contributed by atoms with Gasteiger partial charge in [-0.05, 0) is 35.6 Å².